The lowest BCUT2D eigenvalue weighted by atomic mass is 9.96. The fourth-order valence-corrected chi connectivity index (χ4v) is 3.45. The van der Waals surface area contributed by atoms with Crippen LogP contribution in [0.25, 0.3) is 0 Å². The van der Waals surface area contributed by atoms with Crippen LogP contribution in [0.3, 0.4) is 0 Å². The van der Waals surface area contributed by atoms with Gasteiger partial charge in [-0.1, -0.05) is 42.1 Å². The minimum absolute atomic E-state index is 0.104. The predicted octanol–water partition coefficient (Wildman–Crippen LogP) is 2.40. The lowest BCUT2D eigenvalue weighted by Crippen LogP contribution is -2.29. The van der Waals surface area contributed by atoms with Crippen LogP contribution < -0.4 is 5.32 Å². The van der Waals surface area contributed by atoms with Crippen molar-refractivity contribution in [3.8, 4) is 0 Å². The maximum atomic E-state index is 12.6. The minimum Gasteiger partial charge on any atom is -0.468 e. The molecular weight excluding hydrogens is 368 g/mol. The van der Waals surface area contributed by atoms with E-state index in [0.29, 0.717) is 22.4 Å². The van der Waals surface area contributed by atoms with E-state index >= 15 is 0 Å². The van der Waals surface area contributed by atoms with E-state index in [1.54, 1.807) is 11.6 Å². The molecule has 2 heterocycles. The Balaban J connectivity index is 2.01. The number of benzene rings is 1. The molecule has 0 saturated carbocycles. The molecule has 2 aromatic rings. The van der Waals surface area contributed by atoms with Crippen LogP contribution in [-0.2, 0) is 19.1 Å². The number of carbonyl (C=O) groups excluding carboxylic acids is 2. The van der Waals surface area contributed by atoms with Gasteiger partial charge >= 0.3 is 11.9 Å². The maximum Gasteiger partial charge on any atom is 0.338 e. The number of ether oxygens (including phenoxy) is 2. The van der Waals surface area contributed by atoms with Gasteiger partial charge in [0.05, 0.1) is 25.0 Å². The first-order valence-electron chi connectivity index (χ1n) is 8.41. The summed E-state index contributed by atoms with van der Waals surface area (Å²) in [5.41, 5.74) is 2.02. The molecule has 0 saturated heterocycles. The van der Waals surface area contributed by atoms with Gasteiger partial charge in [-0.05, 0) is 19.4 Å². The zero-order chi connectivity index (χ0) is 19.4. The van der Waals surface area contributed by atoms with Crippen molar-refractivity contribution in [1.29, 1.82) is 0 Å². The average Bonchev–Trinajstić information content (AvgIpc) is 3.08. The average molecular weight is 388 g/mol. The number of hydrogen-bond donors (Lipinski definition) is 1. The molecule has 27 heavy (non-hydrogen) atoms. The molecule has 0 fully saturated rings. The molecule has 0 amide bonds. The van der Waals surface area contributed by atoms with Gasteiger partial charge in [-0.3, -0.25) is 4.79 Å². The third kappa shape index (κ3) is 3.97. The molecule has 8 nitrogen and oxygen atoms in total. The van der Waals surface area contributed by atoms with Crippen molar-refractivity contribution in [3.05, 3.63) is 47.2 Å². The number of aromatic nitrogens is 3. The van der Waals surface area contributed by atoms with Gasteiger partial charge in [0.1, 0.15) is 6.04 Å². The van der Waals surface area contributed by atoms with Gasteiger partial charge in [-0.15, -0.1) is 5.10 Å². The Morgan fingerprint density at radius 3 is 2.70 bits per heavy atom. The number of thioether (sulfide) groups is 1. The van der Waals surface area contributed by atoms with E-state index in [1.807, 2.05) is 37.3 Å². The largest absolute Gasteiger partial charge is 0.468 e. The molecule has 0 spiro atoms. The number of anilines is 1. The van der Waals surface area contributed by atoms with Crippen LogP contribution >= 0.6 is 11.8 Å². The van der Waals surface area contributed by atoms with Gasteiger partial charge < -0.3 is 14.8 Å². The van der Waals surface area contributed by atoms with Crippen molar-refractivity contribution in [2.45, 2.75) is 25.0 Å². The normalized spacial score (nSPS) is 15.7. The molecule has 142 valence electrons. The Morgan fingerprint density at radius 1 is 1.30 bits per heavy atom. The van der Waals surface area contributed by atoms with E-state index in [1.165, 1.54) is 18.9 Å². The zero-order valence-electron chi connectivity index (χ0n) is 15.3. The first-order chi connectivity index (χ1) is 13.0. The molecule has 1 atom stereocenters. The smallest absolute Gasteiger partial charge is 0.338 e. The van der Waals surface area contributed by atoms with Crippen molar-refractivity contribution in [1.82, 2.24) is 14.8 Å². The Morgan fingerprint density at radius 2 is 2.04 bits per heavy atom. The summed E-state index contributed by atoms with van der Waals surface area (Å²) in [5, 5.41) is 8.03. The first kappa shape index (κ1) is 19.0. The fourth-order valence-electron chi connectivity index (χ4n) is 2.79. The summed E-state index contributed by atoms with van der Waals surface area (Å²) in [5.74, 6) is -0.155. The van der Waals surface area contributed by atoms with Crippen LogP contribution in [0.2, 0.25) is 0 Å². The summed E-state index contributed by atoms with van der Waals surface area (Å²) in [6.07, 6.45) is 0. The number of nitrogens with zero attached hydrogens (tertiary/aromatic N) is 3. The summed E-state index contributed by atoms with van der Waals surface area (Å²) in [6.45, 7) is 3.85. The summed E-state index contributed by atoms with van der Waals surface area (Å²) < 4.78 is 11.6. The number of carbonyl (C=O) groups is 2. The molecule has 1 aliphatic heterocycles. The number of methoxy groups -OCH3 is 1. The third-order valence-corrected chi connectivity index (χ3v) is 4.80. The second-order valence-corrected chi connectivity index (χ2v) is 6.67. The monoisotopic (exact) mass is 388 g/mol. The molecule has 1 N–H and O–H groups in total. The Bertz CT molecular complexity index is 879. The first-order valence-corrected chi connectivity index (χ1v) is 9.39. The molecule has 1 aromatic heterocycles. The van der Waals surface area contributed by atoms with E-state index < -0.39 is 12.0 Å². The van der Waals surface area contributed by atoms with Crippen molar-refractivity contribution in [3.63, 3.8) is 0 Å². The van der Waals surface area contributed by atoms with Crippen molar-refractivity contribution in [2.24, 2.45) is 0 Å². The predicted molar refractivity (Wildman–Crippen MR) is 100 cm³/mol. The van der Waals surface area contributed by atoms with Gasteiger partial charge in [0, 0.05) is 5.70 Å². The van der Waals surface area contributed by atoms with E-state index in [-0.39, 0.29) is 18.3 Å². The summed E-state index contributed by atoms with van der Waals surface area (Å²) in [4.78, 5) is 28.4. The van der Waals surface area contributed by atoms with E-state index in [4.69, 9.17) is 4.74 Å². The number of rotatable bonds is 6. The van der Waals surface area contributed by atoms with Crippen LogP contribution in [0, 0.1) is 0 Å². The standard InChI is InChI=1S/C18H20N4O4S/c1-4-26-16(24)14-11(2)19-17-20-18(27-10-13(23)25-3)21-22(17)15(14)12-8-6-5-7-9-12/h5-9,15H,4,10H2,1-3H3,(H,19,20,21). The van der Waals surface area contributed by atoms with Gasteiger partial charge in [0.2, 0.25) is 11.1 Å². The molecule has 1 aromatic carbocycles. The third-order valence-electron chi connectivity index (χ3n) is 3.99. The number of esters is 2. The molecule has 0 aliphatic carbocycles. The minimum atomic E-state index is -0.471. The van der Waals surface area contributed by atoms with Crippen LogP contribution in [0.1, 0.15) is 25.5 Å². The molecule has 0 bridgehead atoms. The second kappa shape index (κ2) is 8.26. The topological polar surface area (TPSA) is 95.3 Å². The maximum absolute atomic E-state index is 12.6. The SMILES string of the molecule is CCOC(=O)C1=C(C)Nc2nc(SCC(=O)OC)nn2C1c1ccccc1. The van der Waals surface area contributed by atoms with Crippen LogP contribution in [-0.4, -0.2) is 46.2 Å². The highest BCUT2D eigenvalue weighted by Gasteiger charge is 2.35. The van der Waals surface area contributed by atoms with Gasteiger partial charge in [0.25, 0.3) is 0 Å². The van der Waals surface area contributed by atoms with Gasteiger partial charge in [0.15, 0.2) is 0 Å². The highest BCUT2D eigenvalue weighted by Crippen LogP contribution is 2.36. The lowest BCUT2D eigenvalue weighted by molar-refractivity contribution is -0.139. The van der Waals surface area contributed by atoms with E-state index in [2.05, 4.69) is 20.1 Å². The van der Waals surface area contributed by atoms with Crippen molar-refractivity contribution >= 4 is 29.6 Å². The van der Waals surface area contributed by atoms with Crippen LogP contribution in [0.5, 0.6) is 0 Å². The van der Waals surface area contributed by atoms with Crippen LogP contribution in [0.15, 0.2) is 46.8 Å². The van der Waals surface area contributed by atoms with E-state index in [0.717, 1.165) is 5.56 Å². The summed E-state index contributed by atoms with van der Waals surface area (Å²) in [6, 6.07) is 9.09. The number of hydrogen-bond acceptors (Lipinski definition) is 8. The van der Waals surface area contributed by atoms with Crippen molar-refractivity contribution in [2.75, 3.05) is 24.8 Å². The lowest BCUT2D eigenvalue weighted by Gasteiger charge is -2.28. The molecule has 1 unspecified atom stereocenters. The number of nitrogens with one attached hydrogen (secondary N) is 1. The molecule has 3 rings (SSSR count). The molecule has 1 aliphatic rings. The molecular formula is C18H20N4O4S. The van der Waals surface area contributed by atoms with Gasteiger partial charge in [-0.2, -0.15) is 4.98 Å². The van der Waals surface area contributed by atoms with Crippen LogP contribution in [0.4, 0.5) is 5.95 Å². The second-order valence-electron chi connectivity index (χ2n) is 5.72. The molecule has 9 heteroatoms. The van der Waals surface area contributed by atoms with Crippen molar-refractivity contribution < 1.29 is 19.1 Å². The summed E-state index contributed by atoms with van der Waals surface area (Å²) in [7, 11) is 1.33. The highest BCUT2D eigenvalue weighted by molar-refractivity contribution is 7.99. The Kier molecular flexibility index (Phi) is 5.80. The quantitative estimate of drug-likeness (QED) is 0.595. The molecule has 0 radical (unpaired) electrons. The fraction of sp³-hybridized carbons (Fsp3) is 0.333. The highest BCUT2D eigenvalue weighted by atomic mass is 32.2. The summed E-state index contributed by atoms with van der Waals surface area (Å²) >= 11 is 1.17. The van der Waals surface area contributed by atoms with E-state index in [9.17, 15) is 9.59 Å². The number of allylic oxidation sites excluding steroid dienone is 1. The van der Waals surface area contributed by atoms with Gasteiger partial charge in [-0.25, -0.2) is 9.48 Å². The Labute approximate surface area is 160 Å². The zero-order valence-corrected chi connectivity index (χ0v) is 16.1. The number of fused-ring (bicyclic) bond motifs is 1. The Hall–Kier alpha value is -2.81.